The zero-order chi connectivity index (χ0) is 14.6. The Morgan fingerprint density at radius 1 is 1.00 bits per heavy atom. The van der Waals surface area contributed by atoms with Gasteiger partial charge in [-0.2, -0.15) is 4.98 Å². The van der Waals surface area contributed by atoms with E-state index in [1.54, 1.807) is 18.2 Å². The van der Waals surface area contributed by atoms with Crippen molar-refractivity contribution in [2.75, 3.05) is 5.43 Å². The third kappa shape index (κ3) is 4.02. The highest BCUT2D eigenvalue weighted by Gasteiger charge is 2.30. The molecule has 2 aromatic rings. The first-order chi connectivity index (χ1) is 9.46. The van der Waals surface area contributed by atoms with Gasteiger partial charge >= 0.3 is 6.36 Å². The van der Waals surface area contributed by atoms with E-state index in [0.29, 0.717) is 11.6 Å². The second kappa shape index (κ2) is 5.66. The average Bonchev–Trinajstić information content (AvgIpc) is 2.40. The van der Waals surface area contributed by atoms with Gasteiger partial charge < -0.3 is 14.9 Å². The number of hydrogen-bond acceptors (Lipinski definition) is 5. The van der Waals surface area contributed by atoms with E-state index in [9.17, 15) is 13.2 Å². The van der Waals surface area contributed by atoms with Crippen LogP contribution in [-0.4, -0.2) is 11.3 Å². The topological polar surface area (TPSA) is 69.4 Å². The Balaban J connectivity index is 2.06. The highest BCUT2D eigenvalue weighted by atomic mass is 19.4. The maximum atomic E-state index is 12.0. The van der Waals surface area contributed by atoms with E-state index >= 15 is 0 Å². The first kappa shape index (κ1) is 13.9. The van der Waals surface area contributed by atoms with Gasteiger partial charge in [0.25, 0.3) is 0 Å². The third-order valence-electron chi connectivity index (χ3n) is 2.15. The maximum absolute atomic E-state index is 12.0. The van der Waals surface area contributed by atoms with Crippen LogP contribution in [0.2, 0.25) is 0 Å². The summed E-state index contributed by atoms with van der Waals surface area (Å²) in [7, 11) is 0. The number of rotatable bonds is 4. The Morgan fingerprint density at radius 2 is 1.65 bits per heavy atom. The largest absolute Gasteiger partial charge is 0.573 e. The number of nitrogens with two attached hydrogens (primary N) is 1. The molecule has 8 heteroatoms. The molecule has 0 atom stereocenters. The lowest BCUT2D eigenvalue weighted by Gasteiger charge is -2.10. The summed E-state index contributed by atoms with van der Waals surface area (Å²) in [5, 5.41) is 0. The first-order valence-electron chi connectivity index (χ1n) is 5.43. The van der Waals surface area contributed by atoms with Crippen LogP contribution in [0.3, 0.4) is 0 Å². The van der Waals surface area contributed by atoms with Crippen LogP contribution >= 0.6 is 0 Å². The number of nitrogens with zero attached hydrogens (tertiary/aromatic N) is 1. The van der Waals surface area contributed by atoms with Gasteiger partial charge in [0.1, 0.15) is 17.3 Å². The highest BCUT2D eigenvalue weighted by molar-refractivity contribution is 5.38. The van der Waals surface area contributed by atoms with Gasteiger partial charge in [0, 0.05) is 6.07 Å². The van der Waals surface area contributed by atoms with E-state index in [4.69, 9.17) is 10.6 Å². The van der Waals surface area contributed by atoms with Crippen molar-refractivity contribution >= 4 is 5.82 Å². The molecule has 0 amide bonds. The third-order valence-corrected chi connectivity index (χ3v) is 2.15. The molecule has 1 aromatic carbocycles. The zero-order valence-electron chi connectivity index (χ0n) is 10.0. The Morgan fingerprint density at radius 3 is 2.25 bits per heavy atom. The van der Waals surface area contributed by atoms with E-state index in [1.807, 2.05) is 0 Å². The van der Waals surface area contributed by atoms with Crippen LogP contribution in [0.5, 0.6) is 17.4 Å². The number of ether oxygens (including phenoxy) is 2. The average molecular weight is 285 g/mol. The summed E-state index contributed by atoms with van der Waals surface area (Å²) >= 11 is 0. The van der Waals surface area contributed by atoms with E-state index < -0.39 is 6.36 Å². The van der Waals surface area contributed by atoms with Gasteiger partial charge in [0.15, 0.2) is 0 Å². The summed E-state index contributed by atoms with van der Waals surface area (Å²) in [5.74, 6) is 5.85. The predicted octanol–water partition coefficient (Wildman–Crippen LogP) is 3.06. The van der Waals surface area contributed by atoms with E-state index in [0.717, 1.165) is 12.1 Å². The molecule has 20 heavy (non-hydrogen) atoms. The molecular weight excluding hydrogens is 275 g/mol. The molecule has 0 aliphatic carbocycles. The second-order valence-corrected chi connectivity index (χ2v) is 3.63. The number of aromatic nitrogens is 1. The van der Waals surface area contributed by atoms with Crippen LogP contribution in [0.1, 0.15) is 0 Å². The molecule has 1 aromatic heterocycles. The van der Waals surface area contributed by atoms with E-state index in [2.05, 4.69) is 15.1 Å². The van der Waals surface area contributed by atoms with Crippen LogP contribution in [0.4, 0.5) is 19.0 Å². The van der Waals surface area contributed by atoms with Gasteiger partial charge in [-0.25, -0.2) is 5.84 Å². The summed E-state index contributed by atoms with van der Waals surface area (Å²) in [4.78, 5) is 4.00. The van der Waals surface area contributed by atoms with Gasteiger partial charge in [-0.3, -0.25) is 0 Å². The van der Waals surface area contributed by atoms with Gasteiger partial charge in [-0.05, 0) is 30.3 Å². The molecule has 0 saturated carbocycles. The van der Waals surface area contributed by atoms with Crippen molar-refractivity contribution in [1.29, 1.82) is 0 Å². The van der Waals surface area contributed by atoms with Crippen molar-refractivity contribution in [3.8, 4) is 17.4 Å². The molecule has 0 fully saturated rings. The molecule has 0 saturated heterocycles. The molecule has 0 bridgehead atoms. The van der Waals surface area contributed by atoms with Crippen molar-refractivity contribution < 1.29 is 22.6 Å². The Kier molecular flexibility index (Phi) is 3.94. The van der Waals surface area contributed by atoms with Gasteiger partial charge in [0.2, 0.25) is 5.88 Å². The Bertz CT molecular complexity index is 573. The molecule has 3 N–H and O–H groups in total. The number of nitrogens with one attached hydrogen (secondary N) is 1. The fraction of sp³-hybridized carbons (Fsp3) is 0.0833. The van der Waals surface area contributed by atoms with Crippen LogP contribution in [0, 0.1) is 0 Å². The number of benzene rings is 1. The number of hydrazine groups is 1. The summed E-state index contributed by atoms with van der Waals surface area (Å²) in [6, 6.07) is 9.85. The first-order valence-corrected chi connectivity index (χ1v) is 5.43. The Hall–Kier alpha value is -2.48. The van der Waals surface area contributed by atoms with Crippen molar-refractivity contribution in [2.24, 2.45) is 5.84 Å². The maximum Gasteiger partial charge on any atom is 0.573 e. The summed E-state index contributed by atoms with van der Waals surface area (Å²) in [5.41, 5.74) is 2.35. The van der Waals surface area contributed by atoms with Crippen LogP contribution < -0.4 is 20.7 Å². The standard InChI is InChI=1S/C12H10F3N3O2/c13-12(14,15)20-9-6-4-8(5-7-9)19-11-3-1-2-10(17-11)18-16/h1-7H,16H2,(H,17,18). The number of anilines is 1. The molecule has 0 aliphatic rings. The monoisotopic (exact) mass is 285 g/mol. The quantitative estimate of drug-likeness (QED) is 0.667. The fourth-order valence-electron chi connectivity index (χ4n) is 1.38. The van der Waals surface area contributed by atoms with E-state index in [-0.39, 0.29) is 11.6 Å². The number of pyridine rings is 1. The predicted molar refractivity (Wildman–Crippen MR) is 65.2 cm³/mol. The lowest BCUT2D eigenvalue weighted by Crippen LogP contribution is -2.16. The zero-order valence-corrected chi connectivity index (χ0v) is 10.0. The lowest BCUT2D eigenvalue weighted by atomic mass is 10.3. The molecule has 106 valence electrons. The molecular formula is C12H10F3N3O2. The SMILES string of the molecule is NNc1cccc(Oc2ccc(OC(F)(F)F)cc2)n1. The second-order valence-electron chi connectivity index (χ2n) is 3.63. The van der Waals surface area contributed by atoms with Gasteiger partial charge in [0.05, 0.1) is 0 Å². The molecule has 2 rings (SSSR count). The lowest BCUT2D eigenvalue weighted by molar-refractivity contribution is -0.274. The van der Waals surface area contributed by atoms with Crippen LogP contribution in [0.15, 0.2) is 42.5 Å². The Labute approximate surface area is 112 Å². The number of hydrogen-bond donors (Lipinski definition) is 2. The summed E-state index contributed by atoms with van der Waals surface area (Å²) < 4.78 is 45.1. The normalized spacial score (nSPS) is 11.0. The summed E-state index contributed by atoms with van der Waals surface area (Å²) in [6.45, 7) is 0. The van der Waals surface area contributed by atoms with Crippen molar-refractivity contribution in [3.05, 3.63) is 42.5 Å². The number of halogens is 3. The molecule has 0 unspecified atom stereocenters. The molecule has 5 nitrogen and oxygen atoms in total. The van der Waals surface area contributed by atoms with Crippen molar-refractivity contribution in [3.63, 3.8) is 0 Å². The highest BCUT2D eigenvalue weighted by Crippen LogP contribution is 2.26. The molecule has 0 radical (unpaired) electrons. The summed E-state index contributed by atoms with van der Waals surface area (Å²) in [6.07, 6.45) is -4.72. The molecule has 1 heterocycles. The van der Waals surface area contributed by atoms with E-state index in [1.165, 1.54) is 12.1 Å². The molecule has 0 aliphatic heterocycles. The van der Waals surface area contributed by atoms with Crippen LogP contribution in [-0.2, 0) is 0 Å². The minimum atomic E-state index is -4.72. The van der Waals surface area contributed by atoms with Gasteiger partial charge in [-0.1, -0.05) is 6.07 Å². The number of alkyl halides is 3. The number of nitrogen functional groups attached to an aromatic ring is 1. The smallest absolute Gasteiger partial charge is 0.439 e. The molecule has 0 spiro atoms. The van der Waals surface area contributed by atoms with Crippen molar-refractivity contribution in [1.82, 2.24) is 4.98 Å². The van der Waals surface area contributed by atoms with Crippen LogP contribution in [0.25, 0.3) is 0 Å². The van der Waals surface area contributed by atoms with Crippen molar-refractivity contribution in [2.45, 2.75) is 6.36 Å². The van der Waals surface area contributed by atoms with Gasteiger partial charge in [-0.15, -0.1) is 13.2 Å². The minimum absolute atomic E-state index is 0.255. The minimum Gasteiger partial charge on any atom is -0.439 e. The fourth-order valence-corrected chi connectivity index (χ4v) is 1.38.